The fourth-order valence-electron chi connectivity index (χ4n) is 5.05. The van der Waals surface area contributed by atoms with Gasteiger partial charge in [-0.05, 0) is 79.8 Å². The van der Waals surface area contributed by atoms with Crippen molar-refractivity contribution in [2.75, 3.05) is 33.9 Å². The summed E-state index contributed by atoms with van der Waals surface area (Å²) in [5.74, 6) is -11.0. The average Bonchev–Trinajstić information content (AvgIpc) is 3.18. The molecule has 0 saturated heterocycles. The summed E-state index contributed by atoms with van der Waals surface area (Å²) < 4.78 is 73.2. The molecule has 3 aromatic rings. The maximum Gasteiger partial charge on any atom is 0.407 e. The molecule has 0 spiro atoms. The Labute approximate surface area is 351 Å². The van der Waals surface area contributed by atoms with Crippen LogP contribution in [-0.4, -0.2) is 81.5 Å². The number of nitrogens with one attached hydrogen (secondary N) is 4. The molecule has 16 heteroatoms. The monoisotopic (exact) mass is 850 g/mol. The number of methoxy groups -OCH3 is 1. The van der Waals surface area contributed by atoms with Crippen molar-refractivity contribution >= 4 is 30.5 Å². The van der Waals surface area contributed by atoms with Crippen LogP contribution in [-0.2, 0) is 30.5 Å². The Morgan fingerprint density at radius 1 is 0.833 bits per heavy atom. The third-order valence-corrected chi connectivity index (χ3v) is 7.84. The molecule has 3 aromatic carbocycles. The number of likely N-dealkylation sites (N-methyl/N-ethyl adjacent to an activating group) is 1. The van der Waals surface area contributed by atoms with E-state index in [1.165, 1.54) is 18.2 Å². The van der Waals surface area contributed by atoms with Gasteiger partial charge in [-0.2, -0.15) is 8.78 Å². The molecule has 334 valence electrons. The summed E-state index contributed by atoms with van der Waals surface area (Å²) in [6.45, 7) is 12.6. The Kier molecular flexibility index (Phi) is 27.1. The molecule has 0 bridgehead atoms. The maximum atomic E-state index is 14.6. The molecule has 0 saturated carbocycles. The second-order valence-corrected chi connectivity index (χ2v) is 14.8. The van der Waals surface area contributed by atoms with E-state index in [2.05, 4.69) is 40.3 Å². The van der Waals surface area contributed by atoms with Crippen LogP contribution in [0, 0.1) is 30.2 Å². The van der Waals surface area contributed by atoms with Crippen LogP contribution in [0.4, 0.5) is 22.4 Å². The minimum Gasteiger partial charge on any atom is -0.479 e. The van der Waals surface area contributed by atoms with Gasteiger partial charge in [-0.25, -0.2) is 13.6 Å². The van der Waals surface area contributed by atoms with Gasteiger partial charge in [0.1, 0.15) is 24.1 Å². The lowest BCUT2D eigenvalue weighted by molar-refractivity contribution is -0.123. The Morgan fingerprint density at radius 2 is 1.40 bits per heavy atom. The number of halogens is 4. The van der Waals surface area contributed by atoms with Gasteiger partial charge in [-0.1, -0.05) is 79.6 Å². The van der Waals surface area contributed by atoms with Crippen LogP contribution in [0.2, 0.25) is 0 Å². The Balaban J connectivity index is 0.00000126. The molecule has 12 nitrogen and oxygen atoms in total. The average molecular weight is 851 g/mol. The number of unbranched alkanes of at least 4 members (excludes halogenated alkanes) is 1. The van der Waals surface area contributed by atoms with Crippen molar-refractivity contribution in [3.63, 3.8) is 0 Å². The summed E-state index contributed by atoms with van der Waals surface area (Å²) in [7, 11) is 3.20. The maximum absolute atomic E-state index is 14.6. The molecule has 4 N–H and O–H groups in total. The minimum atomic E-state index is -1.92. The Morgan fingerprint density at radius 3 is 1.83 bits per heavy atom. The second-order valence-electron chi connectivity index (χ2n) is 14.8. The first-order valence-corrected chi connectivity index (χ1v) is 19.4. The van der Waals surface area contributed by atoms with Crippen molar-refractivity contribution in [2.45, 2.75) is 104 Å². The number of hydrogen-bond acceptors (Lipinski definition) is 9. The zero-order valence-electron chi connectivity index (χ0n) is 36.1. The first-order chi connectivity index (χ1) is 28.3. The number of carbonyl (C=O) groups excluding carboxylic acids is 5. The van der Waals surface area contributed by atoms with Crippen LogP contribution in [0.5, 0.6) is 5.75 Å². The van der Waals surface area contributed by atoms with Crippen molar-refractivity contribution in [1.29, 1.82) is 0 Å². The number of alkyl carbamates (subject to hydrolysis) is 1. The SMILES string of the molecule is CCCC(C)(C)NC(=O)c1c(F)c(F)c(OCC(=O)C(CCCCNC(=O)OC(C)(C)C)NC)c(F)c1F.COCc1ccccc1.Cc1ccccc1.O=CCNC=O. The quantitative estimate of drug-likeness (QED) is 0.0414. The molecule has 1 unspecified atom stereocenters. The molecule has 0 radical (unpaired) electrons. The normalized spacial score (nSPS) is 11.1. The van der Waals surface area contributed by atoms with Gasteiger partial charge in [-0.15, -0.1) is 0 Å². The summed E-state index contributed by atoms with van der Waals surface area (Å²) >= 11 is 0. The summed E-state index contributed by atoms with van der Waals surface area (Å²) in [4.78, 5) is 55.1. The van der Waals surface area contributed by atoms with Crippen molar-refractivity contribution in [3.8, 4) is 5.75 Å². The van der Waals surface area contributed by atoms with Crippen molar-refractivity contribution in [3.05, 3.63) is 101 Å². The van der Waals surface area contributed by atoms with E-state index >= 15 is 0 Å². The van der Waals surface area contributed by atoms with E-state index in [-0.39, 0.29) is 6.54 Å². The van der Waals surface area contributed by atoms with Gasteiger partial charge in [0.05, 0.1) is 19.2 Å². The summed E-state index contributed by atoms with van der Waals surface area (Å²) in [6, 6.07) is 19.6. The first-order valence-electron chi connectivity index (χ1n) is 19.4. The smallest absolute Gasteiger partial charge is 0.407 e. The molecule has 0 fully saturated rings. The number of hydrogen-bond donors (Lipinski definition) is 4. The molecule has 1 atom stereocenters. The van der Waals surface area contributed by atoms with Crippen LogP contribution in [0.3, 0.4) is 0 Å². The first kappa shape index (κ1) is 54.6. The number of benzene rings is 3. The Bertz CT molecular complexity index is 1690. The molecule has 0 aromatic heterocycles. The summed E-state index contributed by atoms with van der Waals surface area (Å²) in [6.07, 6.45) is 2.96. The number of aldehydes is 1. The van der Waals surface area contributed by atoms with E-state index in [1.807, 2.05) is 55.5 Å². The zero-order valence-corrected chi connectivity index (χ0v) is 36.1. The van der Waals surface area contributed by atoms with Gasteiger partial charge in [0.25, 0.3) is 5.91 Å². The standard InChI is InChI=1S/C26H39F4N3O5.C8H10O.C7H8.C3H5NO2/c1-8-12-26(5,6)33-23(35)17-18(27)20(29)22(21(30)19(17)28)37-14-16(34)15(31-7)11-9-10-13-32-24(36)38-25(2,3)4;1-9-7-8-5-3-2-4-6-8;1-7-5-3-2-4-6-7;5-2-1-4-3-6/h15,31H,8-14H2,1-7H3,(H,32,36)(H,33,35);2-6H,7H2,1H3;2-6H,1H3;2-3H,1H2,(H,4,6). The van der Waals surface area contributed by atoms with E-state index in [1.54, 1.807) is 41.7 Å². The lowest BCUT2D eigenvalue weighted by Crippen LogP contribution is -2.44. The molecule has 0 heterocycles. The number of ether oxygens (including phenoxy) is 3. The van der Waals surface area contributed by atoms with Gasteiger partial charge < -0.3 is 40.3 Å². The highest BCUT2D eigenvalue weighted by Gasteiger charge is 2.33. The predicted molar refractivity (Wildman–Crippen MR) is 223 cm³/mol. The lowest BCUT2D eigenvalue weighted by Gasteiger charge is -2.26. The minimum absolute atomic E-state index is 0.115. The number of rotatable bonds is 19. The van der Waals surface area contributed by atoms with E-state index in [0.29, 0.717) is 58.0 Å². The number of Topliss-reactive ketones (excluding diaryl/α,β-unsaturated/α-hetero) is 1. The molecule has 60 heavy (non-hydrogen) atoms. The Hall–Kier alpha value is -5.35. The molecule has 0 aliphatic carbocycles. The van der Waals surface area contributed by atoms with Crippen LogP contribution < -0.4 is 26.0 Å². The van der Waals surface area contributed by atoms with Crippen LogP contribution >= 0.6 is 0 Å². The highest BCUT2D eigenvalue weighted by molar-refractivity contribution is 5.95. The van der Waals surface area contributed by atoms with Crippen LogP contribution in [0.1, 0.15) is 95.1 Å². The topological polar surface area (TPSA) is 161 Å². The number of carbonyl (C=O) groups is 5. The van der Waals surface area contributed by atoms with Gasteiger partial charge >= 0.3 is 6.09 Å². The van der Waals surface area contributed by atoms with E-state index in [0.717, 1.165) is 0 Å². The lowest BCUT2D eigenvalue weighted by atomic mass is 9.98. The van der Waals surface area contributed by atoms with Crippen LogP contribution in [0.25, 0.3) is 0 Å². The molecular weight excluding hydrogens is 788 g/mol. The van der Waals surface area contributed by atoms with Gasteiger partial charge in [0.2, 0.25) is 18.0 Å². The van der Waals surface area contributed by atoms with E-state index in [9.17, 15) is 41.5 Å². The second kappa shape index (κ2) is 29.8. The fraction of sp³-hybridized carbons (Fsp3) is 0.477. The molecule has 3 amide bonds. The third-order valence-electron chi connectivity index (χ3n) is 7.84. The van der Waals surface area contributed by atoms with Gasteiger partial charge in [0, 0.05) is 19.2 Å². The fourth-order valence-corrected chi connectivity index (χ4v) is 5.05. The third kappa shape index (κ3) is 23.3. The highest BCUT2D eigenvalue weighted by Crippen LogP contribution is 2.31. The zero-order chi connectivity index (χ0) is 45.7. The number of aryl methyl sites for hydroxylation is 1. The predicted octanol–water partition coefficient (Wildman–Crippen LogP) is 7.54. The van der Waals surface area contributed by atoms with E-state index < -0.39 is 76.2 Å². The van der Waals surface area contributed by atoms with Gasteiger partial charge in [-0.3, -0.25) is 14.4 Å². The largest absolute Gasteiger partial charge is 0.479 e. The van der Waals surface area contributed by atoms with Crippen LogP contribution in [0.15, 0.2) is 60.7 Å². The highest BCUT2D eigenvalue weighted by atomic mass is 19.2. The van der Waals surface area contributed by atoms with Crippen molar-refractivity contribution in [2.24, 2.45) is 0 Å². The number of amides is 3. The molecule has 3 rings (SSSR count). The van der Waals surface area contributed by atoms with Crippen molar-refractivity contribution in [1.82, 2.24) is 21.3 Å². The summed E-state index contributed by atoms with van der Waals surface area (Å²) in [5, 5.41) is 9.84. The number of ketones is 1. The molecule has 0 aliphatic heterocycles. The van der Waals surface area contributed by atoms with E-state index in [4.69, 9.17) is 14.2 Å². The van der Waals surface area contributed by atoms with Crippen molar-refractivity contribution < 1.29 is 55.7 Å². The molecule has 0 aliphatic rings. The summed E-state index contributed by atoms with van der Waals surface area (Å²) in [5.41, 5.74) is -0.359. The van der Waals surface area contributed by atoms with Gasteiger partial charge in [0.15, 0.2) is 23.2 Å². The molecular formula is C44H62F4N4O8.